The van der Waals surface area contributed by atoms with Gasteiger partial charge in [-0.25, -0.2) is 0 Å². The second-order valence-corrected chi connectivity index (χ2v) is 8.51. The molecule has 1 aromatic heterocycles. The molecule has 0 aliphatic carbocycles. The number of hydrogen-bond acceptors (Lipinski definition) is 3. The maximum Gasteiger partial charge on any atom is 0.250 e. The van der Waals surface area contributed by atoms with Crippen LogP contribution in [0.3, 0.4) is 0 Å². The average Bonchev–Trinajstić information content (AvgIpc) is 2.97. The van der Waals surface area contributed by atoms with Crippen LogP contribution in [0.15, 0.2) is 36.4 Å². The maximum absolute atomic E-state index is 12.8. The van der Waals surface area contributed by atoms with Crippen LogP contribution in [0.25, 0.3) is 16.7 Å². The first-order valence-corrected chi connectivity index (χ1v) is 9.58. The number of para-hydroxylation sites is 1. The second kappa shape index (κ2) is 6.55. The summed E-state index contributed by atoms with van der Waals surface area (Å²) in [5, 5.41) is 28.2. The van der Waals surface area contributed by atoms with Crippen molar-refractivity contribution < 1.29 is 9.95 Å². The Morgan fingerprint density at radius 1 is 1.04 bits per heavy atom. The summed E-state index contributed by atoms with van der Waals surface area (Å²) in [6, 6.07) is 11.3. The van der Waals surface area contributed by atoms with Gasteiger partial charge in [-0.2, -0.15) is 0 Å². The fourth-order valence-corrected chi connectivity index (χ4v) is 3.22. The number of aromatic nitrogens is 3. The molecule has 0 amide bonds. The van der Waals surface area contributed by atoms with Gasteiger partial charge in [0, 0.05) is 11.6 Å². The fraction of sp³-hybridized carbons (Fsp3) is 0.455. The molecule has 0 bridgehead atoms. The molecule has 0 saturated carbocycles. The Morgan fingerprint density at radius 2 is 1.70 bits per heavy atom. The van der Waals surface area contributed by atoms with Crippen molar-refractivity contribution in [3.05, 3.63) is 52.7 Å². The van der Waals surface area contributed by atoms with Crippen molar-refractivity contribution in [2.45, 2.75) is 65.2 Å². The lowest BCUT2D eigenvalue weighted by Gasteiger charge is -2.24. The number of fused-ring (bicyclic) bond motifs is 1. The molecule has 2 aromatic carbocycles. The normalized spacial score (nSPS) is 12.7. The first kappa shape index (κ1) is 19.2. The summed E-state index contributed by atoms with van der Waals surface area (Å²) in [5.74, 6) is 0.107. The highest BCUT2D eigenvalue weighted by Crippen LogP contribution is 2.37. The van der Waals surface area contributed by atoms with Crippen molar-refractivity contribution in [1.82, 2.24) is 9.90 Å². The molecule has 5 heteroatoms. The smallest absolute Gasteiger partial charge is 0.250 e. The lowest BCUT2D eigenvalue weighted by molar-refractivity contribution is -0.664. The minimum absolute atomic E-state index is 0.0128. The highest BCUT2D eigenvalue weighted by atomic mass is 16.5. The van der Waals surface area contributed by atoms with Crippen molar-refractivity contribution in [3.8, 4) is 11.4 Å². The van der Waals surface area contributed by atoms with Gasteiger partial charge in [-0.05, 0) is 46.2 Å². The molecule has 27 heavy (non-hydrogen) atoms. The van der Waals surface area contributed by atoms with E-state index in [1.807, 2.05) is 30.3 Å². The summed E-state index contributed by atoms with van der Waals surface area (Å²) in [6.07, 6.45) is 1.86. The van der Waals surface area contributed by atoms with Crippen LogP contribution < -0.4 is 4.85 Å². The van der Waals surface area contributed by atoms with Gasteiger partial charge in [0.2, 0.25) is 5.52 Å². The van der Waals surface area contributed by atoms with E-state index in [0.717, 1.165) is 28.8 Å². The van der Waals surface area contributed by atoms with Gasteiger partial charge in [0.1, 0.15) is 0 Å². The van der Waals surface area contributed by atoms with E-state index in [0.29, 0.717) is 16.7 Å². The summed E-state index contributed by atoms with van der Waals surface area (Å²) in [6.45, 7) is 12.7. The third-order valence-corrected chi connectivity index (χ3v) is 6.06. The summed E-state index contributed by atoms with van der Waals surface area (Å²) < 4.78 is 0. The molecular formula is C22H29N3O2. The number of rotatable bonds is 5. The molecule has 0 spiro atoms. The van der Waals surface area contributed by atoms with Crippen LogP contribution in [0.2, 0.25) is 0 Å². The van der Waals surface area contributed by atoms with Crippen LogP contribution in [0.5, 0.6) is 5.75 Å². The zero-order valence-corrected chi connectivity index (χ0v) is 17.1. The molecule has 5 nitrogen and oxygen atoms in total. The molecule has 0 aliphatic heterocycles. The number of phenolic OH excluding ortho intramolecular Hbond substituents is 1. The van der Waals surface area contributed by atoms with E-state index >= 15 is 0 Å². The number of nitrogens with zero attached hydrogens (tertiary/aromatic N) is 3. The molecule has 0 radical (unpaired) electrons. The molecule has 0 saturated heterocycles. The number of phenols is 1. The van der Waals surface area contributed by atoms with Gasteiger partial charge >= 0.3 is 0 Å². The molecule has 144 valence electrons. The molecule has 3 rings (SSSR count). The van der Waals surface area contributed by atoms with E-state index in [1.165, 1.54) is 4.80 Å². The van der Waals surface area contributed by atoms with Crippen LogP contribution in [0, 0.1) is 5.21 Å². The Labute approximate surface area is 160 Å². The zero-order valence-electron chi connectivity index (χ0n) is 17.1. The van der Waals surface area contributed by atoms with Crippen molar-refractivity contribution >= 4 is 11.0 Å². The quantitative estimate of drug-likeness (QED) is 0.523. The molecule has 1 heterocycles. The third kappa shape index (κ3) is 3.15. The van der Waals surface area contributed by atoms with Gasteiger partial charge in [-0.15, -0.1) is 4.85 Å². The summed E-state index contributed by atoms with van der Waals surface area (Å²) >= 11 is 0. The van der Waals surface area contributed by atoms with Gasteiger partial charge in [0.05, 0.1) is 5.10 Å². The largest absolute Gasteiger partial charge is 0.692 e. The van der Waals surface area contributed by atoms with E-state index in [2.05, 4.69) is 46.6 Å². The zero-order chi connectivity index (χ0) is 20.0. The molecule has 1 N–H and O–H groups in total. The summed E-state index contributed by atoms with van der Waals surface area (Å²) in [4.78, 5) is 1.99. The monoisotopic (exact) mass is 367 g/mol. The Balaban J connectivity index is 2.19. The van der Waals surface area contributed by atoms with Crippen molar-refractivity contribution in [2.24, 2.45) is 0 Å². The Morgan fingerprint density at radius 3 is 2.33 bits per heavy atom. The first-order chi connectivity index (χ1) is 12.6. The second-order valence-electron chi connectivity index (χ2n) is 8.51. The molecule has 0 aliphatic rings. The van der Waals surface area contributed by atoms with E-state index in [9.17, 15) is 10.3 Å². The van der Waals surface area contributed by atoms with Gasteiger partial charge < -0.3 is 10.3 Å². The highest BCUT2D eigenvalue weighted by Gasteiger charge is 2.27. The molecule has 0 fully saturated rings. The van der Waals surface area contributed by atoms with Crippen molar-refractivity contribution in [1.29, 1.82) is 0 Å². The SMILES string of the molecule is CCC(C)(C)c1ccc2c(c1)nn(-c1cccc(C(C)(C)CC)c1O)[n+]2[O-]. The Bertz CT molecular complexity index is 987. The van der Waals surface area contributed by atoms with E-state index in [-0.39, 0.29) is 16.6 Å². The lowest BCUT2D eigenvalue weighted by atomic mass is 9.81. The number of hydrogen-bond donors (Lipinski definition) is 1. The third-order valence-electron chi connectivity index (χ3n) is 6.06. The standard InChI is InChI=1S/C22H29N3O2/c1-7-21(3,4)15-12-13-18-17(14-15)23-24(25(18)27)19-11-9-10-16(20(19)26)22(5,6)8-2/h9-14,26H,7-8H2,1-6H3. The maximum atomic E-state index is 12.8. The number of aromatic hydroxyl groups is 1. The van der Waals surface area contributed by atoms with Crippen LogP contribution in [0.4, 0.5) is 0 Å². The minimum Gasteiger partial charge on any atom is -0.692 e. The van der Waals surface area contributed by atoms with Crippen LogP contribution in [0.1, 0.15) is 65.5 Å². The summed E-state index contributed by atoms with van der Waals surface area (Å²) in [7, 11) is 0. The predicted molar refractivity (Wildman–Crippen MR) is 108 cm³/mol. The molecular weight excluding hydrogens is 338 g/mol. The topological polar surface area (TPSA) is 65.0 Å². The van der Waals surface area contributed by atoms with Gasteiger partial charge in [0.25, 0.3) is 5.52 Å². The summed E-state index contributed by atoms with van der Waals surface area (Å²) in [5.41, 5.74) is 3.30. The van der Waals surface area contributed by atoms with Gasteiger partial charge in [0.15, 0.2) is 11.4 Å². The minimum atomic E-state index is -0.196. The van der Waals surface area contributed by atoms with Crippen molar-refractivity contribution in [2.75, 3.05) is 0 Å². The molecule has 3 aromatic rings. The first-order valence-electron chi connectivity index (χ1n) is 9.58. The Kier molecular flexibility index (Phi) is 4.66. The highest BCUT2D eigenvalue weighted by molar-refractivity contribution is 5.72. The van der Waals surface area contributed by atoms with E-state index in [1.54, 1.807) is 6.07 Å². The van der Waals surface area contributed by atoms with Gasteiger partial charge in [-0.1, -0.05) is 59.7 Å². The molecule has 0 unspecified atom stereocenters. The van der Waals surface area contributed by atoms with E-state index < -0.39 is 0 Å². The van der Waals surface area contributed by atoms with Gasteiger partial charge in [-0.3, -0.25) is 0 Å². The number of benzene rings is 2. The van der Waals surface area contributed by atoms with Crippen LogP contribution >= 0.6 is 0 Å². The fourth-order valence-electron chi connectivity index (χ4n) is 3.22. The lowest BCUT2D eigenvalue weighted by Crippen LogP contribution is -2.37. The van der Waals surface area contributed by atoms with Crippen molar-refractivity contribution in [3.63, 3.8) is 0 Å². The van der Waals surface area contributed by atoms with E-state index in [4.69, 9.17) is 0 Å². The average molecular weight is 367 g/mol. The Hall–Kier alpha value is -2.56. The van der Waals surface area contributed by atoms with Crippen LogP contribution in [-0.4, -0.2) is 15.0 Å². The molecule has 0 atom stereocenters. The predicted octanol–water partition coefficient (Wildman–Crippen LogP) is 4.74. The van der Waals surface area contributed by atoms with Crippen LogP contribution in [-0.2, 0) is 10.8 Å².